The molecule has 0 amide bonds. The maximum atomic E-state index is 13.5. The lowest BCUT2D eigenvalue weighted by atomic mass is 9.90. The molecule has 1 aromatic carbocycles. The molecule has 110 valence electrons. The van der Waals surface area contributed by atoms with Gasteiger partial charge in [-0.1, -0.05) is 31.0 Å². The van der Waals surface area contributed by atoms with Crippen molar-refractivity contribution in [1.82, 2.24) is 4.90 Å². The smallest absolute Gasteiger partial charge is 0.324 e. The van der Waals surface area contributed by atoms with Crippen molar-refractivity contribution in [2.24, 2.45) is 0 Å². The minimum Gasteiger partial charge on any atom is -0.480 e. The lowest BCUT2D eigenvalue weighted by Gasteiger charge is -2.34. The molecule has 1 atom stereocenters. The predicted molar refractivity (Wildman–Crippen MR) is 76.3 cm³/mol. The lowest BCUT2D eigenvalue weighted by Crippen LogP contribution is -2.49. The van der Waals surface area contributed by atoms with Gasteiger partial charge in [0.1, 0.15) is 11.4 Å². The number of hydrogen-bond acceptors (Lipinski definition) is 2. The molecule has 20 heavy (non-hydrogen) atoms. The number of likely N-dealkylation sites (tertiary alicyclic amines) is 1. The Kier molecular flexibility index (Phi) is 4.66. The summed E-state index contributed by atoms with van der Waals surface area (Å²) in [6, 6.07) is 4.66. The fourth-order valence-corrected chi connectivity index (χ4v) is 3.19. The Balaban J connectivity index is 2.22. The Bertz CT molecular complexity index is 509. The normalized spacial score (nSPS) is 23.1. The van der Waals surface area contributed by atoms with Crippen LogP contribution in [0.2, 0.25) is 5.02 Å². The first kappa shape index (κ1) is 15.3. The summed E-state index contributed by atoms with van der Waals surface area (Å²) in [4.78, 5) is 13.7. The van der Waals surface area contributed by atoms with Crippen LogP contribution in [0.3, 0.4) is 0 Å². The summed E-state index contributed by atoms with van der Waals surface area (Å²) in [5.74, 6) is -1.23. The zero-order valence-corrected chi connectivity index (χ0v) is 12.3. The summed E-state index contributed by atoms with van der Waals surface area (Å²) in [5.41, 5.74) is -0.0410. The maximum absolute atomic E-state index is 13.5. The fourth-order valence-electron chi connectivity index (χ4n) is 3.07. The summed E-state index contributed by atoms with van der Waals surface area (Å²) >= 11 is 5.67. The van der Waals surface area contributed by atoms with Crippen molar-refractivity contribution in [3.05, 3.63) is 34.6 Å². The van der Waals surface area contributed by atoms with Crippen LogP contribution < -0.4 is 0 Å². The Morgan fingerprint density at radius 2 is 2.30 bits per heavy atom. The number of carbonyl (C=O) groups is 1. The van der Waals surface area contributed by atoms with Crippen LogP contribution in [0.5, 0.6) is 0 Å². The van der Waals surface area contributed by atoms with Crippen molar-refractivity contribution in [3.8, 4) is 0 Å². The molecular weight excluding hydrogens is 281 g/mol. The van der Waals surface area contributed by atoms with Gasteiger partial charge in [-0.25, -0.2) is 4.39 Å². The van der Waals surface area contributed by atoms with Gasteiger partial charge in [0.25, 0.3) is 0 Å². The van der Waals surface area contributed by atoms with Crippen LogP contribution in [0, 0.1) is 5.82 Å². The monoisotopic (exact) mass is 299 g/mol. The first-order valence-corrected chi connectivity index (χ1v) is 7.30. The summed E-state index contributed by atoms with van der Waals surface area (Å²) < 4.78 is 13.5. The van der Waals surface area contributed by atoms with E-state index in [2.05, 4.69) is 0 Å². The Morgan fingerprint density at radius 1 is 1.55 bits per heavy atom. The first-order valence-electron chi connectivity index (χ1n) is 6.92. The molecule has 0 saturated carbocycles. The zero-order valence-electron chi connectivity index (χ0n) is 11.5. The van der Waals surface area contributed by atoms with Crippen molar-refractivity contribution < 1.29 is 14.3 Å². The van der Waals surface area contributed by atoms with Gasteiger partial charge in [-0.05, 0) is 43.5 Å². The van der Waals surface area contributed by atoms with Crippen molar-refractivity contribution >= 4 is 17.6 Å². The number of rotatable bonds is 5. The van der Waals surface area contributed by atoms with Gasteiger partial charge >= 0.3 is 5.97 Å². The van der Waals surface area contributed by atoms with E-state index in [9.17, 15) is 14.3 Å². The number of benzene rings is 1. The lowest BCUT2D eigenvalue weighted by molar-refractivity contribution is -0.150. The number of halogens is 2. The fraction of sp³-hybridized carbons (Fsp3) is 0.533. The van der Waals surface area contributed by atoms with Gasteiger partial charge in [-0.2, -0.15) is 0 Å². The topological polar surface area (TPSA) is 40.5 Å². The zero-order chi connectivity index (χ0) is 14.8. The second-order valence-electron chi connectivity index (χ2n) is 5.36. The van der Waals surface area contributed by atoms with E-state index >= 15 is 0 Å². The van der Waals surface area contributed by atoms with E-state index in [1.807, 2.05) is 11.8 Å². The van der Waals surface area contributed by atoms with Crippen molar-refractivity contribution in [2.75, 3.05) is 6.54 Å². The van der Waals surface area contributed by atoms with Gasteiger partial charge in [0.15, 0.2) is 0 Å². The molecule has 2 rings (SSSR count). The Morgan fingerprint density at radius 3 is 2.90 bits per heavy atom. The number of carboxylic acids is 1. The SMILES string of the molecule is CCCC1(C(=O)O)CCCN1Cc1ccc(Cl)c(F)c1. The number of aliphatic carboxylic acids is 1. The molecule has 1 unspecified atom stereocenters. The molecule has 0 radical (unpaired) electrons. The molecule has 1 heterocycles. The molecular formula is C15H19ClFNO2. The third kappa shape index (κ3) is 2.81. The highest BCUT2D eigenvalue weighted by Crippen LogP contribution is 2.35. The average molecular weight is 300 g/mol. The Hall–Kier alpha value is -1.13. The summed E-state index contributed by atoms with van der Waals surface area (Å²) in [5, 5.41) is 9.70. The van der Waals surface area contributed by atoms with Crippen LogP contribution in [0.1, 0.15) is 38.2 Å². The van der Waals surface area contributed by atoms with Crippen LogP contribution in [0.15, 0.2) is 18.2 Å². The minimum absolute atomic E-state index is 0.0910. The highest BCUT2D eigenvalue weighted by molar-refractivity contribution is 6.30. The second kappa shape index (κ2) is 6.10. The summed E-state index contributed by atoms with van der Waals surface area (Å²) in [6.45, 7) is 3.17. The van der Waals surface area contributed by atoms with E-state index < -0.39 is 17.3 Å². The largest absolute Gasteiger partial charge is 0.480 e. The quantitative estimate of drug-likeness (QED) is 0.901. The van der Waals surface area contributed by atoms with Crippen LogP contribution in [-0.4, -0.2) is 28.1 Å². The van der Waals surface area contributed by atoms with Crippen LogP contribution >= 0.6 is 11.6 Å². The second-order valence-corrected chi connectivity index (χ2v) is 5.77. The molecule has 1 N–H and O–H groups in total. The highest BCUT2D eigenvalue weighted by atomic mass is 35.5. The summed E-state index contributed by atoms with van der Waals surface area (Å²) in [6.07, 6.45) is 2.96. The average Bonchev–Trinajstić information content (AvgIpc) is 2.79. The third-order valence-electron chi connectivity index (χ3n) is 4.04. The van der Waals surface area contributed by atoms with Gasteiger partial charge in [-0.15, -0.1) is 0 Å². The molecule has 1 aliphatic heterocycles. The molecule has 0 aliphatic carbocycles. The van der Waals surface area contributed by atoms with Gasteiger partial charge in [0.2, 0.25) is 0 Å². The van der Waals surface area contributed by atoms with Crippen LogP contribution in [0.4, 0.5) is 4.39 Å². The molecule has 1 aromatic rings. The summed E-state index contributed by atoms with van der Waals surface area (Å²) in [7, 11) is 0. The van der Waals surface area contributed by atoms with Gasteiger partial charge in [0, 0.05) is 6.54 Å². The van der Waals surface area contributed by atoms with Gasteiger partial charge < -0.3 is 5.11 Å². The van der Waals surface area contributed by atoms with Crippen LogP contribution in [-0.2, 0) is 11.3 Å². The van der Waals surface area contributed by atoms with Crippen molar-refractivity contribution in [1.29, 1.82) is 0 Å². The van der Waals surface area contributed by atoms with E-state index in [0.29, 0.717) is 19.4 Å². The Labute approximate surface area is 123 Å². The molecule has 0 spiro atoms. The van der Waals surface area contributed by atoms with E-state index in [1.54, 1.807) is 6.07 Å². The molecule has 1 aliphatic rings. The first-order chi connectivity index (χ1) is 9.49. The van der Waals surface area contributed by atoms with E-state index in [0.717, 1.165) is 24.9 Å². The third-order valence-corrected chi connectivity index (χ3v) is 4.35. The standard InChI is InChI=1S/C15H19ClFNO2/c1-2-6-15(14(19)20)7-3-8-18(15)10-11-4-5-12(16)13(17)9-11/h4-5,9H,2-3,6-8,10H2,1H3,(H,19,20). The van der Waals surface area contributed by atoms with Gasteiger partial charge in [-0.3, -0.25) is 9.69 Å². The maximum Gasteiger partial charge on any atom is 0.324 e. The highest BCUT2D eigenvalue weighted by Gasteiger charge is 2.46. The van der Waals surface area contributed by atoms with Gasteiger partial charge in [0.05, 0.1) is 5.02 Å². The molecule has 1 saturated heterocycles. The minimum atomic E-state index is -0.801. The molecule has 5 heteroatoms. The van der Waals surface area contributed by atoms with E-state index in [1.165, 1.54) is 12.1 Å². The van der Waals surface area contributed by atoms with E-state index in [-0.39, 0.29) is 5.02 Å². The molecule has 0 aromatic heterocycles. The molecule has 3 nitrogen and oxygen atoms in total. The van der Waals surface area contributed by atoms with E-state index in [4.69, 9.17) is 11.6 Å². The number of carboxylic acid groups (broad SMARTS) is 1. The predicted octanol–water partition coefficient (Wildman–Crippen LogP) is 3.70. The van der Waals surface area contributed by atoms with Crippen molar-refractivity contribution in [2.45, 2.75) is 44.7 Å². The number of hydrogen-bond donors (Lipinski definition) is 1. The number of nitrogens with zero attached hydrogens (tertiary/aromatic N) is 1. The van der Waals surface area contributed by atoms with Crippen LogP contribution in [0.25, 0.3) is 0 Å². The molecule has 1 fully saturated rings. The molecule has 0 bridgehead atoms. The van der Waals surface area contributed by atoms with Crippen molar-refractivity contribution in [3.63, 3.8) is 0 Å².